The van der Waals surface area contributed by atoms with E-state index >= 15 is 0 Å². The van der Waals surface area contributed by atoms with Crippen LogP contribution < -0.4 is 9.64 Å². The zero-order valence-electron chi connectivity index (χ0n) is 20.0. The van der Waals surface area contributed by atoms with Gasteiger partial charge in [0.25, 0.3) is 5.91 Å². The van der Waals surface area contributed by atoms with E-state index in [2.05, 4.69) is 4.74 Å². The molecule has 2 aliphatic carbocycles. The van der Waals surface area contributed by atoms with Crippen molar-refractivity contribution in [3.05, 3.63) is 59.7 Å². The molecule has 0 radical (unpaired) electrons. The highest BCUT2D eigenvalue weighted by atomic mass is 19.4. The van der Waals surface area contributed by atoms with Crippen LogP contribution in [0.25, 0.3) is 0 Å². The summed E-state index contributed by atoms with van der Waals surface area (Å²) in [6, 6.07) is 11.9. The molecule has 2 saturated carbocycles. The van der Waals surface area contributed by atoms with Crippen molar-refractivity contribution < 1.29 is 37.4 Å². The molecular formula is C27H27F3N2O5. The molecule has 7 nitrogen and oxygen atoms in total. The Morgan fingerprint density at radius 1 is 0.973 bits per heavy atom. The molecule has 0 saturated heterocycles. The first-order chi connectivity index (χ1) is 17.6. The van der Waals surface area contributed by atoms with E-state index in [0.29, 0.717) is 5.69 Å². The topological polar surface area (TPSA) is 87.2 Å². The zero-order chi connectivity index (χ0) is 26.3. The molecular weight excluding hydrogens is 489 g/mol. The van der Waals surface area contributed by atoms with Crippen molar-refractivity contribution in [1.29, 1.82) is 0 Å². The van der Waals surface area contributed by atoms with E-state index in [-0.39, 0.29) is 54.3 Å². The minimum atomic E-state index is -4.82. The number of aliphatic carboxylic acids is 1. The molecule has 0 aromatic heterocycles. The van der Waals surface area contributed by atoms with Gasteiger partial charge >= 0.3 is 12.3 Å². The third kappa shape index (κ3) is 5.14. The van der Waals surface area contributed by atoms with E-state index < -0.39 is 18.1 Å². The minimum Gasteiger partial charge on any atom is -0.481 e. The van der Waals surface area contributed by atoms with Gasteiger partial charge in [0.1, 0.15) is 5.75 Å². The maximum absolute atomic E-state index is 13.8. The maximum atomic E-state index is 13.8. The van der Waals surface area contributed by atoms with Gasteiger partial charge in [-0.3, -0.25) is 14.4 Å². The quantitative estimate of drug-likeness (QED) is 0.539. The second-order valence-corrected chi connectivity index (χ2v) is 9.84. The third-order valence-electron chi connectivity index (χ3n) is 7.42. The van der Waals surface area contributed by atoms with Gasteiger partial charge in [-0.2, -0.15) is 0 Å². The van der Waals surface area contributed by atoms with Crippen molar-refractivity contribution in [1.82, 2.24) is 4.90 Å². The summed E-state index contributed by atoms with van der Waals surface area (Å²) in [5.41, 5.74) is 1.75. The number of carboxylic acids is 1. The number of benzene rings is 2. The van der Waals surface area contributed by atoms with Crippen molar-refractivity contribution in [2.24, 2.45) is 5.92 Å². The average molecular weight is 517 g/mol. The molecule has 0 unspecified atom stereocenters. The highest BCUT2D eigenvalue weighted by Crippen LogP contribution is 2.53. The Labute approximate surface area is 211 Å². The largest absolute Gasteiger partial charge is 0.573 e. The zero-order valence-corrected chi connectivity index (χ0v) is 20.0. The molecule has 2 fully saturated rings. The van der Waals surface area contributed by atoms with Gasteiger partial charge in [0.05, 0.1) is 12.5 Å². The molecule has 1 N–H and O–H groups in total. The van der Waals surface area contributed by atoms with Gasteiger partial charge in [0.15, 0.2) is 0 Å². The van der Waals surface area contributed by atoms with Crippen LogP contribution in [0.5, 0.6) is 5.75 Å². The number of hydrogen-bond acceptors (Lipinski definition) is 4. The molecule has 0 bridgehead atoms. The van der Waals surface area contributed by atoms with E-state index in [0.717, 1.165) is 49.8 Å². The van der Waals surface area contributed by atoms with Crippen LogP contribution in [0, 0.1) is 5.92 Å². The summed E-state index contributed by atoms with van der Waals surface area (Å²) in [4.78, 5) is 41.8. The number of alkyl halides is 3. The fraction of sp³-hybridized carbons (Fsp3) is 0.444. The second kappa shape index (κ2) is 9.72. The van der Waals surface area contributed by atoms with Gasteiger partial charge in [-0.1, -0.05) is 24.6 Å². The standard InChI is InChI=1S/C27H27F3N2O5/c28-27(29,30)37-18-12-8-16(9-13-18)26(36)32-21-6-2-1-4-19(21)25(20-5-3-7-22(20)32)31(17-10-11-17)23(33)14-15-24(34)35/h1-2,4,6,8-9,12-13,17,20,22,25H,3,5,7,10-11,14-15H2,(H,34,35)/t20-,22+,25+/m1/s1. The van der Waals surface area contributed by atoms with E-state index in [9.17, 15) is 27.6 Å². The summed E-state index contributed by atoms with van der Waals surface area (Å²) in [5.74, 6) is -1.95. The highest BCUT2D eigenvalue weighted by Gasteiger charge is 2.51. The van der Waals surface area contributed by atoms with E-state index in [1.54, 1.807) is 4.90 Å². The van der Waals surface area contributed by atoms with Crippen molar-refractivity contribution >= 4 is 23.5 Å². The smallest absolute Gasteiger partial charge is 0.481 e. The minimum absolute atomic E-state index is 0.0268. The number of para-hydroxylation sites is 1. The van der Waals surface area contributed by atoms with Crippen LogP contribution in [0.2, 0.25) is 0 Å². The van der Waals surface area contributed by atoms with Crippen molar-refractivity contribution in [3.8, 4) is 5.75 Å². The lowest BCUT2D eigenvalue weighted by Gasteiger charge is -2.48. The number of fused-ring (bicyclic) bond motifs is 2. The number of carbonyl (C=O) groups is 3. The van der Waals surface area contributed by atoms with Gasteiger partial charge in [-0.05, 0) is 61.6 Å². The predicted molar refractivity (Wildman–Crippen MR) is 127 cm³/mol. The van der Waals surface area contributed by atoms with Crippen molar-refractivity contribution in [3.63, 3.8) is 0 Å². The van der Waals surface area contributed by atoms with Crippen molar-refractivity contribution in [2.45, 2.75) is 69.4 Å². The molecule has 2 amide bonds. The first-order valence-corrected chi connectivity index (χ1v) is 12.5. The molecule has 2 aromatic rings. The van der Waals surface area contributed by atoms with Gasteiger partial charge < -0.3 is 19.6 Å². The van der Waals surface area contributed by atoms with Crippen LogP contribution in [-0.4, -0.2) is 46.2 Å². The van der Waals surface area contributed by atoms with Crippen LogP contribution in [-0.2, 0) is 9.59 Å². The molecule has 0 spiro atoms. The number of nitrogens with zero attached hydrogens (tertiary/aromatic N) is 2. The summed E-state index contributed by atoms with van der Waals surface area (Å²) < 4.78 is 41.6. The fourth-order valence-corrected chi connectivity index (χ4v) is 5.86. The lowest BCUT2D eigenvalue weighted by atomic mass is 9.81. The Bertz CT molecular complexity index is 1200. The molecule has 37 heavy (non-hydrogen) atoms. The van der Waals surface area contributed by atoms with Gasteiger partial charge in [0, 0.05) is 35.7 Å². The number of amides is 2. The van der Waals surface area contributed by atoms with Crippen LogP contribution in [0.15, 0.2) is 48.5 Å². The lowest BCUT2D eigenvalue weighted by molar-refractivity contribution is -0.274. The first kappa shape index (κ1) is 25.1. The van der Waals surface area contributed by atoms with Crippen LogP contribution in [0.4, 0.5) is 18.9 Å². The first-order valence-electron chi connectivity index (χ1n) is 12.5. The second-order valence-electron chi connectivity index (χ2n) is 9.84. The molecule has 3 atom stereocenters. The van der Waals surface area contributed by atoms with Gasteiger partial charge in [-0.25, -0.2) is 0 Å². The van der Waals surface area contributed by atoms with Gasteiger partial charge in [0.2, 0.25) is 5.91 Å². The van der Waals surface area contributed by atoms with E-state index in [4.69, 9.17) is 5.11 Å². The van der Waals surface area contributed by atoms with Crippen molar-refractivity contribution in [2.75, 3.05) is 4.90 Å². The Morgan fingerprint density at radius 3 is 2.32 bits per heavy atom. The Kier molecular flexibility index (Phi) is 6.59. The molecule has 3 aliphatic rings. The van der Waals surface area contributed by atoms with E-state index in [1.807, 2.05) is 29.2 Å². The monoisotopic (exact) mass is 516 g/mol. The van der Waals surface area contributed by atoms with Gasteiger partial charge in [-0.15, -0.1) is 13.2 Å². The maximum Gasteiger partial charge on any atom is 0.573 e. The number of carbonyl (C=O) groups excluding carboxylic acids is 2. The SMILES string of the molecule is O=C(O)CCC(=O)N(C1CC1)[C@H]1c2ccccc2N(C(=O)c2ccc(OC(F)(F)F)cc2)[C@H]2CCC[C@H]21. The molecule has 2 aromatic carbocycles. The molecule has 1 heterocycles. The number of carboxylic acid groups (broad SMARTS) is 1. The summed E-state index contributed by atoms with van der Waals surface area (Å²) in [6.07, 6.45) is -0.990. The van der Waals surface area contributed by atoms with Crippen LogP contribution in [0.1, 0.15) is 66.9 Å². The summed E-state index contributed by atoms with van der Waals surface area (Å²) in [6.45, 7) is 0. The Morgan fingerprint density at radius 2 is 1.68 bits per heavy atom. The molecule has 1 aliphatic heterocycles. The van der Waals surface area contributed by atoms with Crippen LogP contribution >= 0.6 is 0 Å². The number of halogens is 3. The Hall–Kier alpha value is -3.56. The molecule has 5 rings (SSSR count). The lowest BCUT2D eigenvalue weighted by Crippen LogP contribution is -2.52. The van der Waals surface area contributed by atoms with Crippen LogP contribution in [0.3, 0.4) is 0 Å². The molecule has 196 valence electrons. The number of anilines is 1. The summed E-state index contributed by atoms with van der Waals surface area (Å²) in [7, 11) is 0. The highest BCUT2D eigenvalue weighted by molar-refractivity contribution is 6.07. The predicted octanol–water partition coefficient (Wildman–Crippen LogP) is 5.31. The Balaban J connectivity index is 1.49. The third-order valence-corrected chi connectivity index (χ3v) is 7.42. The number of hydrogen-bond donors (Lipinski definition) is 1. The molecule has 10 heteroatoms. The summed E-state index contributed by atoms with van der Waals surface area (Å²) >= 11 is 0. The fourth-order valence-electron chi connectivity index (χ4n) is 5.86. The van der Waals surface area contributed by atoms with E-state index in [1.165, 1.54) is 12.1 Å². The average Bonchev–Trinajstić information content (AvgIpc) is 3.57. The summed E-state index contributed by atoms with van der Waals surface area (Å²) in [5, 5.41) is 9.12. The normalized spacial score (nSPS) is 22.7. The number of ether oxygens (including phenoxy) is 1. The number of rotatable bonds is 7.